The number of nitrogens with zero attached hydrogens (tertiary/aromatic N) is 1. The van der Waals surface area contributed by atoms with Crippen LogP contribution in [0.15, 0.2) is 33.6 Å². The van der Waals surface area contributed by atoms with E-state index in [4.69, 9.17) is 5.73 Å². The maximum Gasteiger partial charge on any atom is 0.124 e. The quantitative estimate of drug-likeness (QED) is 0.850. The van der Waals surface area contributed by atoms with Crippen LogP contribution >= 0.6 is 27.3 Å². The molecule has 0 unspecified atom stereocenters. The van der Waals surface area contributed by atoms with E-state index in [9.17, 15) is 0 Å². The maximum atomic E-state index is 5.54. The van der Waals surface area contributed by atoms with Gasteiger partial charge in [0.2, 0.25) is 0 Å². The Morgan fingerprint density at radius 2 is 2.31 bits per heavy atom. The van der Waals surface area contributed by atoms with Crippen LogP contribution in [0.1, 0.15) is 0 Å². The third-order valence-corrected chi connectivity index (χ3v) is 3.05. The SMILES string of the molecule is Nc1cc(Br)c(-c2ccsc2)cn1. The van der Waals surface area contributed by atoms with E-state index in [-0.39, 0.29) is 0 Å². The molecule has 66 valence electrons. The van der Waals surface area contributed by atoms with Gasteiger partial charge in [0.15, 0.2) is 0 Å². The molecule has 0 radical (unpaired) electrons. The van der Waals surface area contributed by atoms with Crippen LogP contribution in [0.3, 0.4) is 0 Å². The molecule has 0 aliphatic carbocycles. The summed E-state index contributed by atoms with van der Waals surface area (Å²) in [6, 6.07) is 3.87. The van der Waals surface area contributed by atoms with Gasteiger partial charge in [0.05, 0.1) is 0 Å². The van der Waals surface area contributed by atoms with Gasteiger partial charge in [-0.05, 0) is 44.4 Å². The highest BCUT2D eigenvalue weighted by molar-refractivity contribution is 9.10. The number of hydrogen-bond donors (Lipinski definition) is 1. The zero-order chi connectivity index (χ0) is 9.26. The summed E-state index contributed by atoms with van der Waals surface area (Å²) in [7, 11) is 0. The topological polar surface area (TPSA) is 38.9 Å². The first-order chi connectivity index (χ1) is 6.27. The normalized spacial score (nSPS) is 10.2. The molecule has 0 saturated carbocycles. The van der Waals surface area contributed by atoms with Gasteiger partial charge in [0.25, 0.3) is 0 Å². The summed E-state index contributed by atoms with van der Waals surface area (Å²) < 4.78 is 0.985. The summed E-state index contributed by atoms with van der Waals surface area (Å²) >= 11 is 5.12. The first-order valence-electron chi connectivity index (χ1n) is 3.71. The second kappa shape index (κ2) is 3.47. The number of anilines is 1. The van der Waals surface area contributed by atoms with Crippen LogP contribution in [0, 0.1) is 0 Å². The van der Waals surface area contributed by atoms with E-state index in [0.29, 0.717) is 5.82 Å². The number of nitrogen functional groups attached to an aromatic ring is 1. The second-order valence-corrected chi connectivity index (χ2v) is 4.24. The van der Waals surface area contributed by atoms with E-state index in [2.05, 4.69) is 32.4 Å². The number of halogens is 1. The van der Waals surface area contributed by atoms with Crippen molar-refractivity contribution in [3.8, 4) is 11.1 Å². The Balaban J connectivity index is 2.53. The van der Waals surface area contributed by atoms with Crippen LogP contribution < -0.4 is 5.73 Å². The van der Waals surface area contributed by atoms with Gasteiger partial charge < -0.3 is 5.73 Å². The zero-order valence-electron chi connectivity index (χ0n) is 6.70. The van der Waals surface area contributed by atoms with Crippen molar-refractivity contribution >= 4 is 33.1 Å². The molecule has 0 aliphatic heterocycles. The fourth-order valence-corrected chi connectivity index (χ4v) is 2.30. The van der Waals surface area contributed by atoms with Gasteiger partial charge in [0, 0.05) is 16.2 Å². The molecule has 0 aliphatic rings. The summed E-state index contributed by atoms with van der Waals surface area (Å²) in [6.45, 7) is 0. The molecule has 0 saturated heterocycles. The Labute approximate surface area is 88.6 Å². The highest BCUT2D eigenvalue weighted by Gasteiger charge is 2.03. The van der Waals surface area contributed by atoms with Gasteiger partial charge in [0.1, 0.15) is 5.82 Å². The molecule has 0 fully saturated rings. The van der Waals surface area contributed by atoms with E-state index in [1.54, 1.807) is 17.5 Å². The minimum absolute atomic E-state index is 0.533. The van der Waals surface area contributed by atoms with Gasteiger partial charge in [-0.2, -0.15) is 11.3 Å². The molecule has 0 bridgehead atoms. The lowest BCUT2D eigenvalue weighted by molar-refractivity contribution is 1.33. The van der Waals surface area contributed by atoms with Crippen LogP contribution in [-0.2, 0) is 0 Å². The maximum absolute atomic E-state index is 5.54. The standard InChI is InChI=1S/C9H7BrN2S/c10-8-3-9(11)12-4-7(8)6-1-2-13-5-6/h1-5H,(H2,11,12). The molecular weight excluding hydrogens is 248 g/mol. The van der Waals surface area contributed by atoms with Crippen molar-refractivity contribution in [1.29, 1.82) is 0 Å². The summed E-state index contributed by atoms with van der Waals surface area (Å²) in [5.41, 5.74) is 7.79. The Morgan fingerprint density at radius 1 is 1.46 bits per heavy atom. The molecule has 4 heteroatoms. The first-order valence-corrected chi connectivity index (χ1v) is 5.44. The Hall–Kier alpha value is -0.870. The minimum atomic E-state index is 0.533. The highest BCUT2D eigenvalue weighted by atomic mass is 79.9. The molecule has 2 N–H and O–H groups in total. The third kappa shape index (κ3) is 1.73. The van der Waals surface area contributed by atoms with Crippen LogP contribution in [0.4, 0.5) is 5.82 Å². The largest absolute Gasteiger partial charge is 0.384 e. The van der Waals surface area contributed by atoms with Crippen molar-refractivity contribution in [2.45, 2.75) is 0 Å². The van der Waals surface area contributed by atoms with Crippen LogP contribution in [0.5, 0.6) is 0 Å². The van der Waals surface area contributed by atoms with Crippen molar-refractivity contribution in [1.82, 2.24) is 4.98 Å². The van der Waals surface area contributed by atoms with E-state index < -0.39 is 0 Å². The fraction of sp³-hybridized carbons (Fsp3) is 0. The molecule has 0 amide bonds. The predicted molar refractivity (Wildman–Crippen MR) is 59.7 cm³/mol. The predicted octanol–water partition coefficient (Wildman–Crippen LogP) is 3.15. The average Bonchev–Trinajstić information content (AvgIpc) is 2.56. The van der Waals surface area contributed by atoms with E-state index in [1.165, 1.54) is 5.56 Å². The Morgan fingerprint density at radius 3 is 2.92 bits per heavy atom. The van der Waals surface area contributed by atoms with Crippen LogP contribution in [0.25, 0.3) is 11.1 Å². The average molecular weight is 255 g/mol. The number of pyridine rings is 1. The van der Waals surface area contributed by atoms with E-state index in [0.717, 1.165) is 10.0 Å². The van der Waals surface area contributed by atoms with E-state index in [1.807, 2.05) is 11.4 Å². The Bertz CT molecular complexity index is 412. The van der Waals surface area contributed by atoms with Gasteiger partial charge in [-0.15, -0.1) is 0 Å². The lowest BCUT2D eigenvalue weighted by atomic mass is 10.1. The van der Waals surface area contributed by atoms with Crippen molar-refractivity contribution in [3.63, 3.8) is 0 Å². The molecule has 0 aromatic carbocycles. The molecule has 2 aromatic rings. The fourth-order valence-electron chi connectivity index (χ4n) is 1.08. The molecule has 0 spiro atoms. The molecule has 13 heavy (non-hydrogen) atoms. The van der Waals surface area contributed by atoms with Crippen molar-refractivity contribution < 1.29 is 0 Å². The molecule has 2 aromatic heterocycles. The van der Waals surface area contributed by atoms with Crippen molar-refractivity contribution in [2.24, 2.45) is 0 Å². The number of hydrogen-bond acceptors (Lipinski definition) is 3. The number of aromatic nitrogens is 1. The van der Waals surface area contributed by atoms with Gasteiger partial charge in [-0.25, -0.2) is 4.98 Å². The molecule has 0 atom stereocenters. The smallest absolute Gasteiger partial charge is 0.124 e. The highest BCUT2D eigenvalue weighted by Crippen LogP contribution is 2.29. The Kier molecular flexibility index (Phi) is 2.33. The number of thiophene rings is 1. The minimum Gasteiger partial charge on any atom is -0.384 e. The summed E-state index contributed by atoms with van der Waals surface area (Å²) in [5.74, 6) is 0.533. The van der Waals surface area contributed by atoms with Gasteiger partial charge in [-0.1, -0.05) is 0 Å². The van der Waals surface area contributed by atoms with Crippen molar-refractivity contribution in [3.05, 3.63) is 33.6 Å². The lowest BCUT2D eigenvalue weighted by Gasteiger charge is -2.01. The van der Waals surface area contributed by atoms with Crippen molar-refractivity contribution in [2.75, 3.05) is 5.73 Å². The van der Waals surface area contributed by atoms with Gasteiger partial charge >= 0.3 is 0 Å². The monoisotopic (exact) mass is 254 g/mol. The van der Waals surface area contributed by atoms with Crippen LogP contribution in [0.2, 0.25) is 0 Å². The van der Waals surface area contributed by atoms with E-state index >= 15 is 0 Å². The third-order valence-electron chi connectivity index (χ3n) is 1.71. The molecule has 2 rings (SSSR count). The zero-order valence-corrected chi connectivity index (χ0v) is 9.10. The molecule has 2 nitrogen and oxygen atoms in total. The summed E-state index contributed by atoms with van der Waals surface area (Å²) in [5, 5.41) is 4.12. The summed E-state index contributed by atoms with van der Waals surface area (Å²) in [6.07, 6.45) is 1.78. The van der Waals surface area contributed by atoms with Crippen LogP contribution in [-0.4, -0.2) is 4.98 Å². The summed E-state index contributed by atoms with van der Waals surface area (Å²) in [4.78, 5) is 4.05. The second-order valence-electron chi connectivity index (χ2n) is 2.60. The molecular formula is C9H7BrN2S. The molecule has 2 heterocycles. The number of nitrogens with two attached hydrogens (primary N) is 1. The number of rotatable bonds is 1. The van der Waals surface area contributed by atoms with Gasteiger partial charge in [-0.3, -0.25) is 0 Å². The lowest BCUT2D eigenvalue weighted by Crippen LogP contribution is -1.89. The first kappa shape index (κ1) is 8.72.